The molecule has 0 aliphatic heterocycles. The molecular formula is C15H31N. The lowest BCUT2D eigenvalue weighted by Crippen LogP contribution is -1.97. The molecule has 0 aliphatic rings. The van der Waals surface area contributed by atoms with Crippen LogP contribution in [0.5, 0.6) is 0 Å². The predicted molar refractivity (Wildman–Crippen MR) is 74.7 cm³/mol. The largest absolute Gasteiger partial charge is 0.330 e. The fraction of sp³-hybridized carbons (Fsp3) is 0.867. The second kappa shape index (κ2) is 14.7. The first kappa shape index (κ1) is 15.7. The summed E-state index contributed by atoms with van der Waals surface area (Å²) in [4.78, 5) is 0. The summed E-state index contributed by atoms with van der Waals surface area (Å²) in [6.07, 6.45) is 19.4. The zero-order valence-corrected chi connectivity index (χ0v) is 11.2. The number of unbranched alkanes of at least 4 members (excludes halogenated alkanes) is 9. The quantitative estimate of drug-likeness (QED) is 0.374. The molecule has 96 valence electrons. The Labute approximate surface area is 102 Å². The van der Waals surface area contributed by atoms with Gasteiger partial charge in [0.15, 0.2) is 0 Å². The molecule has 0 rings (SSSR count). The Morgan fingerprint density at radius 2 is 1.19 bits per heavy atom. The highest BCUT2D eigenvalue weighted by molar-refractivity contribution is 4.81. The summed E-state index contributed by atoms with van der Waals surface area (Å²) in [5.41, 5.74) is 5.44. The first-order valence-corrected chi connectivity index (χ1v) is 7.27. The van der Waals surface area contributed by atoms with Crippen LogP contribution in [0, 0.1) is 0 Å². The van der Waals surface area contributed by atoms with Crippen molar-refractivity contribution in [3.05, 3.63) is 12.2 Å². The summed E-state index contributed by atoms with van der Waals surface area (Å²) in [5.74, 6) is 0. The highest BCUT2D eigenvalue weighted by Gasteiger charge is 1.88. The second-order valence-electron chi connectivity index (χ2n) is 4.67. The number of nitrogens with two attached hydrogens (primary N) is 1. The van der Waals surface area contributed by atoms with Gasteiger partial charge in [0.1, 0.15) is 0 Å². The van der Waals surface area contributed by atoms with E-state index in [9.17, 15) is 0 Å². The third kappa shape index (κ3) is 13.7. The summed E-state index contributed by atoms with van der Waals surface area (Å²) >= 11 is 0. The topological polar surface area (TPSA) is 26.0 Å². The van der Waals surface area contributed by atoms with Gasteiger partial charge in [0, 0.05) is 0 Å². The molecule has 0 aliphatic carbocycles. The second-order valence-corrected chi connectivity index (χ2v) is 4.67. The Hall–Kier alpha value is -0.300. The molecular weight excluding hydrogens is 194 g/mol. The van der Waals surface area contributed by atoms with Crippen molar-refractivity contribution in [1.29, 1.82) is 0 Å². The Morgan fingerprint density at radius 1 is 0.688 bits per heavy atom. The summed E-state index contributed by atoms with van der Waals surface area (Å²) in [7, 11) is 0. The van der Waals surface area contributed by atoms with Gasteiger partial charge >= 0.3 is 0 Å². The zero-order chi connectivity index (χ0) is 11.9. The van der Waals surface area contributed by atoms with Crippen molar-refractivity contribution in [3.8, 4) is 0 Å². The highest BCUT2D eigenvalue weighted by Crippen LogP contribution is 2.07. The van der Waals surface area contributed by atoms with Crippen molar-refractivity contribution in [1.82, 2.24) is 0 Å². The van der Waals surface area contributed by atoms with Gasteiger partial charge in [-0.2, -0.15) is 0 Å². The Bertz CT molecular complexity index is 140. The van der Waals surface area contributed by atoms with E-state index in [0.29, 0.717) is 0 Å². The molecule has 0 aromatic carbocycles. The smallest absolute Gasteiger partial charge is 0.00773 e. The van der Waals surface area contributed by atoms with Gasteiger partial charge in [-0.3, -0.25) is 0 Å². The van der Waals surface area contributed by atoms with Crippen LogP contribution in [0.3, 0.4) is 0 Å². The molecule has 0 amide bonds. The van der Waals surface area contributed by atoms with Crippen molar-refractivity contribution in [2.75, 3.05) is 6.54 Å². The van der Waals surface area contributed by atoms with Crippen LogP contribution in [0.1, 0.15) is 77.6 Å². The van der Waals surface area contributed by atoms with E-state index in [4.69, 9.17) is 5.73 Å². The van der Waals surface area contributed by atoms with Crippen molar-refractivity contribution in [3.63, 3.8) is 0 Å². The first-order chi connectivity index (χ1) is 7.91. The van der Waals surface area contributed by atoms with Crippen LogP contribution in [0.15, 0.2) is 12.2 Å². The van der Waals surface area contributed by atoms with Crippen LogP contribution in [0.25, 0.3) is 0 Å². The molecule has 0 spiro atoms. The van der Waals surface area contributed by atoms with E-state index < -0.39 is 0 Å². The van der Waals surface area contributed by atoms with E-state index in [1.54, 1.807) is 0 Å². The van der Waals surface area contributed by atoms with Gasteiger partial charge in [-0.05, 0) is 38.6 Å². The minimum Gasteiger partial charge on any atom is -0.330 e. The number of hydrogen-bond acceptors (Lipinski definition) is 1. The zero-order valence-electron chi connectivity index (χ0n) is 11.2. The molecule has 0 unspecified atom stereocenters. The van der Waals surface area contributed by atoms with E-state index >= 15 is 0 Å². The van der Waals surface area contributed by atoms with Gasteiger partial charge in [-0.25, -0.2) is 0 Å². The van der Waals surface area contributed by atoms with Gasteiger partial charge in [0.2, 0.25) is 0 Å². The lowest BCUT2D eigenvalue weighted by atomic mass is 10.1. The SMILES string of the molecule is CCCCCCCC/C=C/CCCCCN. The summed E-state index contributed by atoms with van der Waals surface area (Å²) in [5, 5.41) is 0. The lowest BCUT2D eigenvalue weighted by molar-refractivity contribution is 0.610. The molecule has 0 aromatic rings. The molecule has 16 heavy (non-hydrogen) atoms. The maximum absolute atomic E-state index is 5.44. The van der Waals surface area contributed by atoms with E-state index in [1.807, 2.05) is 0 Å². The number of rotatable bonds is 12. The summed E-state index contributed by atoms with van der Waals surface area (Å²) < 4.78 is 0. The molecule has 0 aromatic heterocycles. The van der Waals surface area contributed by atoms with Crippen LogP contribution in [-0.2, 0) is 0 Å². The van der Waals surface area contributed by atoms with E-state index in [-0.39, 0.29) is 0 Å². The fourth-order valence-corrected chi connectivity index (χ4v) is 1.86. The predicted octanol–water partition coefficient (Wildman–Crippen LogP) is 4.81. The molecule has 1 heteroatoms. The van der Waals surface area contributed by atoms with E-state index in [1.165, 1.54) is 70.6 Å². The molecule has 0 fully saturated rings. The Morgan fingerprint density at radius 3 is 1.75 bits per heavy atom. The molecule has 1 nitrogen and oxygen atoms in total. The van der Waals surface area contributed by atoms with Crippen molar-refractivity contribution < 1.29 is 0 Å². The van der Waals surface area contributed by atoms with Gasteiger partial charge in [-0.15, -0.1) is 0 Å². The molecule has 0 bridgehead atoms. The lowest BCUT2D eigenvalue weighted by Gasteiger charge is -1.98. The van der Waals surface area contributed by atoms with Crippen LogP contribution in [0.4, 0.5) is 0 Å². The van der Waals surface area contributed by atoms with Gasteiger partial charge in [-0.1, -0.05) is 57.6 Å². The first-order valence-electron chi connectivity index (χ1n) is 7.27. The van der Waals surface area contributed by atoms with Gasteiger partial charge in [0.05, 0.1) is 0 Å². The summed E-state index contributed by atoms with van der Waals surface area (Å²) in [6.45, 7) is 3.12. The summed E-state index contributed by atoms with van der Waals surface area (Å²) in [6, 6.07) is 0. The molecule has 0 radical (unpaired) electrons. The fourth-order valence-electron chi connectivity index (χ4n) is 1.86. The minimum atomic E-state index is 0.849. The van der Waals surface area contributed by atoms with Crippen LogP contribution in [-0.4, -0.2) is 6.54 Å². The molecule has 2 N–H and O–H groups in total. The monoisotopic (exact) mass is 225 g/mol. The van der Waals surface area contributed by atoms with Crippen LogP contribution >= 0.6 is 0 Å². The van der Waals surface area contributed by atoms with Crippen molar-refractivity contribution in [2.45, 2.75) is 77.6 Å². The van der Waals surface area contributed by atoms with E-state index in [0.717, 1.165) is 6.54 Å². The Balaban J connectivity index is 2.98. The molecule has 0 saturated heterocycles. The third-order valence-electron chi connectivity index (χ3n) is 2.97. The van der Waals surface area contributed by atoms with E-state index in [2.05, 4.69) is 19.1 Å². The van der Waals surface area contributed by atoms with Gasteiger partial charge < -0.3 is 5.73 Å². The number of hydrogen-bond donors (Lipinski definition) is 1. The molecule has 0 heterocycles. The Kier molecular flexibility index (Phi) is 14.4. The van der Waals surface area contributed by atoms with Gasteiger partial charge in [0.25, 0.3) is 0 Å². The average Bonchev–Trinajstić information content (AvgIpc) is 2.31. The average molecular weight is 225 g/mol. The number of allylic oxidation sites excluding steroid dienone is 2. The highest BCUT2D eigenvalue weighted by atomic mass is 14.5. The van der Waals surface area contributed by atoms with Crippen molar-refractivity contribution in [2.24, 2.45) is 5.73 Å². The molecule has 0 atom stereocenters. The van der Waals surface area contributed by atoms with Crippen molar-refractivity contribution >= 4 is 0 Å². The maximum atomic E-state index is 5.44. The standard InChI is InChI=1S/C15H31N/c1-2-3-4-5-6-7-8-9-10-11-12-13-14-15-16/h9-10H,2-8,11-16H2,1H3/b10-9+. The molecule has 0 saturated carbocycles. The van der Waals surface area contributed by atoms with Crippen LogP contribution in [0.2, 0.25) is 0 Å². The maximum Gasteiger partial charge on any atom is -0.00773 e. The normalized spacial score (nSPS) is 11.4. The third-order valence-corrected chi connectivity index (χ3v) is 2.97. The minimum absolute atomic E-state index is 0.849. The van der Waals surface area contributed by atoms with Crippen LogP contribution < -0.4 is 5.73 Å².